The first kappa shape index (κ1) is 8.19. The highest BCUT2D eigenvalue weighted by atomic mass is 16.6. The highest BCUT2D eigenvalue weighted by molar-refractivity contribution is 5.60. The molecule has 1 rings (SSSR count). The molecule has 0 saturated heterocycles. The van der Waals surface area contributed by atoms with Crippen molar-refractivity contribution in [2.24, 2.45) is 5.73 Å². The van der Waals surface area contributed by atoms with Gasteiger partial charge in [-0.2, -0.15) is 0 Å². The third-order valence-corrected chi connectivity index (χ3v) is 1.24. The lowest BCUT2D eigenvalue weighted by molar-refractivity contribution is -0.401. The van der Waals surface area contributed by atoms with Gasteiger partial charge in [-0.15, -0.1) is 0 Å². The minimum Gasteiger partial charge on any atom is -0.393 e. The highest BCUT2D eigenvalue weighted by Gasteiger charge is 1.99. The summed E-state index contributed by atoms with van der Waals surface area (Å²) in [5.74, 6) is 0. The topological polar surface area (TPSA) is 82.0 Å². The molecule has 62 valence electrons. The van der Waals surface area contributed by atoms with E-state index in [0.29, 0.717) is 5.56 Å². The van der Waals surface area contributed by atoms with E-state index in [0.717, 1.165) is 6.20 Å². The van der Waals surface area contributed by atoms with Crippen LogP contribution in [0.3, 0.4) is 0 Å². The van der Waals surface area contributed by atoms with Crippen molar-refractivity contribution in [1.82, 2.24) is 4.98 Å². The zero-order valence-corrected chi connectivity index (χ0v) is 6.18. The maximum Gasteiger partial charge on any atom is 0.257 e. The third kappa shape index (κ3) is 2.05. The molecule has 5 heteroatoms. The quantitative estimate of drug-likeness (QED) is 0.514. The summed E-state index contributed by atoms with van der Waals surface area (Å²) in [6.07, 6.45) is 3.79. The van der Waals surface area contributed by atoms with Crippen LogP contribution in [0.5, 0.6) is 0 Å². The van der Waals surface area contributed by atoms with Crippen molar-refractivity contribution in [3.8, 4) is 0 Å². The second-order valence-electron chi connectivity index (χ2n) is 2.11. The molecule has 12 heavy (non-hydrogen) atoms. The van der Waals surface area contributed by atoms with Gasteiger partial charge >= 0.3 is 0 Å². The van der Waals surface area contributed by atoms with Crippen molar-refractivity contribution in [2.75, 3.05) is 0 Å². The smallest absolute Gasteiger partial charge is 0.257 e. The molecule has 0 aliphatic carbocycles. The molecule has 0 atom stereocenters. The lowest BCUT2D eigenvalue weighted by Crippen LogP contribution is -1.99. The average molecular weight is 165 g/mol. The van der Waals surface area contributed by atoms with Crippen LogP contribution in [0.15, 0.2) is 30.7 Å². The first-order valence-electron chi connectivity index (χ1n) is 3.21. The number of hydrogen-bond donors (Lipinski definition) is 1. The SMILES string of the molecule is NC(=C[N+](=O)[O-])c1cccnc1. The summed E-state index contributed by atoms with van der Waals surface area (Å²) in [7, 11) is 0. The Morgan fingerprint density at radius 2 is 2.50 bits per heavy atom. The Hall–Kier alpha value is -1.91. The molecule has 0 bridgehead atoms. The van der Waals surface area contributed by atoms with E-state index in [1.165, 1.54) is 6.20 Å². The first-order chi connectivity index (χ1) is 5.70. The van der Waals surface area contributed by atoms with Crippen LogP contribution in [0.1, 0.15) is 5.56 Å². The van der Waals surface area contributed by atoms with Gasteiger partial charge in [0, 0.05) is 18.0 Å². The van der Waals surface area contributed by atoms with Gasteiger partial charge in [-0.3, -0.25) is 15.1 Å². The molecule has 2 N–H and O–H groups in total. The van der Waals surface area contributed by atoms with E-state index < -0.39 is 4.92 Å². The van der Waals surface area contributed by atoms with Crippen LogP contribution in [0.25, 0.3) is 5.70 Å². The Morgan fingerprint density at radius 3 is 3.00 bits per heavy atom. The van der Waals surface area contributed by atoms with Crippen molar-refractivity contribution < 1.29 is 4.92 Å². The van der Waals surface area contributed by atoms with Crippen molar-refractivity contribution >= 4 is 5.70 Å². The van der Waals surface area contributed by atoms with Crippen LogP contribution in [-0.2, 0) is 0 Å². The van der Waals surface area contributed by atoms with Crippen LogP contribution in [0.2, 0.25) is 0 Å². The van der Waals surface area contributed by atoms with Crippen LogP contribution in [0.4, 0.5) is 0 Å². The zero-order valence-electron chi connectivity index (χ0n) is 6.18. The summed E-state index contributed by atoms with van der Waals surface area (Å²) < 4.78 is 0. The van der Waals surface area contributed by atoms with Crippen molar-refractivity contribution in [2.45, 2.75) is 0 Å². The summed E-state index contributed by atoms with van der Waals surface area (Å²) in [5, 5.41) is 10.0. The summed E-state index contributed by atoms with van der Waals surface area (Å²) in [4.78, 5) is 13.2. The molecule has 0 radical (unpaired) electrons. The number of pyridine rings is 1. The van der Waals surface area contributed by atoms with Gasteiger partial charge in [-0.25, -0.2) is 0 Å². The minimum absolute atomic E-state index is 0.105. The molecule has 1 aromatic rings. The molecule has 0 unspecified atom stereocenters. The number of rotatable bonds is 2. The molecule has 0 fully saturated rings. The van der Waals surface area contributed by atoms with E-state index in [2.05, 4.69) is 4.98 Å². The predicted molar refractivity (Wildman–Crippen MR) is 43.4 cm³/mol. The summed E-state index contributed by atoms with van der Waals surface area (Å²) >= 11 is 0. The Bertz CT molecular complexity index is 308. The minimum atomic E-state index is -0.595. The van der Waals surface area contributed by atoms with Gasteiger partial charge < -0.3 is 5.73 Å². The van der Waals surface area contributed by atoms with Crippen molar-refractivity contribution in [3.05, 3.63) is 46.4 Å². The normalized spacial score (nSPS) is 11.2. The maximum absolute atomic E-state index is 10.0. The molecular formula is C7H7N3O2. The van der Waals surface area contributed by atoms with Gasteiger partial charge in [0.15, 0.2) is 0 Å². The van der Waals surface area contributed by atoms with Crippen LogP contribution in [0, 0.1) is 10.1 Å². The van der Waals surface area contributed by atoms with E-state index >= 15 is 0 Å². The van der Waals surface area contributed by atoms with Gasteiger partial charge in [0.25, 0.3) is 6.20 Å². The fourth-order valence-electron chi connectivity index (χ4n) is 0.722. The lowest BCUT2D eigenvalue weighted by Gasteiger charge is -1.94. The van der Waals surface area contributed by atoms with Gasteiger partial charge in [0.05, 0.1) is 4.92 Å². The fourth-order valence-corrected chi connectivity index (χ4v) is 0.722. The molecule has 0 spiro atoms. The second kappa shape index (κ2) is 3.47. The third-order valence-electron chi connectivity index (χ3n) is 1.24. The summed E-state index contributed by atoms with van der Waals surface area (Å²) in [6.45, 7) is 0. The van der Waals surface area contributed by atoms with Crippen molar-refractivity contribution in [3.63, 3.8) is 0 Å². The molecule has 1 heterocycles. The molecule has 0 saturated carbocycles. The largest absolute Gasteiger partial charge is 0.393 e. The predicted octanol–water partition coefficient (Wildman–Crippen LogP) is 0.615. The molecule has 0 aromatic carbocycles. The standard InChI is InChI=1S/C7H7N3O2/c8-7(5-10(11)12)6-2-1-3-9-4-6/h1-5H,8H2. The van der Waals surface area contributed by atoms with Gasteiger partial charge in [-0.05, 0) is 12.1 Å². The van der Waals surface area contributed by atoms with E-state index in [4.69, 9.17) is 5.73 Å². The Balaban J connectivity index is 2.93. The molecule has 1 aromatic heterocycles. The number of nitrogens with zero attached hydrogens (tertiary/aromatic N) is 2. The van der Waals surface area contributed by atoms with E-state index in [-0.39, 0.29) is 5.70 Å². The monoisotopic (exact) mass is 165 g/mol. The second-order valence-corrected chi connectivity index (χ2v) is 2.11. The van der Waals surface area contributed by atoms with Gasteiger partial charge in [0.2, 0.25) is 0 Å². The fraction of sp³-hybridized carbons (Fsp3) is 0. The number of nitro groups is 1. The highest BCUT2D eigenvalue weighted by Crippen LogP contribution is 2.04. The molecular weight excluding hydrogens is 158 g/mol. The van der Waals surface area contributed by atoms with E-state index in [1.54, 1.807) is 18.3 Å². The molecule has 5 nitrogen and oxygen atoms in total. The first-order valence-corrected chi connectivity index (χ1v) is 3.21. The Kier molecular flexibility index (Phi) is 2.37. The van der Waals surface area contributed by atoms with E-state index in [1.807, 2.05) is 0 Å². The van der Waals surface area contributed by atoms with Crippen LogP contribution in [-0.4, -0.2) is 9.91 Å². The molecule has 0 amide bonds. The van der Waals surface area contributed by atoms with Crippen LogP contribution >= 0.6 is 0 Å². The van der Waals surface area contributed by atoms with E-state index in [9.17, 15) is 10.1 Å². The van der Waals surface area contributed by atoms with Gasteiger partial charge in [-0.1, -0.05) is 0 Å². The summed E-state index contributed by atoms with van der Waals surface area (Å²) in [6, 6.07) is 3.32. The lowest BCUT2D eigenvalue weighted by atomic mass is 10.2. The number of aromatic nitrogens is 1. The Morgan fingerprint density at radius 1 is 1.75 bits per heavy atom. The average Bonchev–Trinajstić information content (AvgIpc) is 2.05. The molecule has 0 aliphatic rings. The van der Waals surface area contributed by atoms with Gasteiger partial charge in [0.1, 0.15) is 5.70 Å². The van der Waals surface area contributed by atoms with Crippen LogP contribution < -0.4 is 5.73 Å². The van der Waals surface area contributed by atoms with Crippen molar-refractivity contribution in [1.29, 1.82) is 0 Å². The maximum atomic E-state index is 10.0. The number of hydrogen-bond acceptors (Lipinski definition) is 4. The summed E-state index contributed by atoms with van der Waals surface area (Å²) in [5.41, 5.74) is 6.03. The zero-order chi connectivity index (χ0) is 8.97. The molecule has 0 aliphatic heterocycles. The number of nitrogens with two attached hydrogens (primary N) is 1. The Labute approximate surface area is 68.7 Å².